The molecule has 1 saturated carbocycles. The second-order valence-corrected chi connectivity index (χ2v) is 10.0. The molecular weight excluding hydrogens is 427 g/mol. The first-order chi connectivity index (χ1) is 15.7. The van der Waals surface area contributed by atoms with Gasteiger partial charge in [0.1, 0.15) is 23.8 Å². The number of hydrogen-bond donors (Lipinski definition) is 3. The van der Waals surface area contributed by atoms with Gasteiger partial charge in [-0.2, -0.15) is 0 Å². The average molecular weight is 455 g/mol. The Morgan fingerprint density at radius 2 is 2.12 bits per heavy atom. The number of aromatic nitrogens is 1. The number of rotatable bonds is 6. The molecule has 2 aliphatic heterocycles. The molecule has 3 heterocycles. The maximum absolute atomic E-state index is 13.6. The van der Waals surface area contributed by atoms with Gasteiger partial charge in [-0.3, -0.25) is 14.4 Å². The minimum Gasteiger partial charge on any atom is -0.356 e. The summed E-state index contributed by atoms with van der Waals surface area (Å²) >= 11 is 0. The third kappa shape index (κ3) is 3.59. The number of aldehydes is 1. The van der Waals surface area contributed by atoms with Crippen molar-refractivity contribution in [2.24, 2.45) is 23.2 Å². The fraction of sp³-hybridized carbons (Fsp3) is 0.500. The second-order valence-electron chi connectivity index (χ2n) is 10.0. The molecule has 9 heteroatoms. The monoisotopic (exact) mass is 454 g/mol. The fourth-order valence-electron chi connectivity index (χ4n) is 5.76. The number of H-pyrrole nitrogens is 1. The first kappa shape index (κ1) is 21.6. The van der Waals surface area contributed by atoms with E-state index >= 15 is 0 Å². The molecule has 174 valence electrons. The topological polar surface area (TPSA) is 111 Å². The van der Waals surface area contributed by atoms with Gasteiger partial charge >= 0.3 is 0 Å². The summed E-state index contributed by atoms with van der Waals surface area (Å²) in [7, 11) is 0. The SMILES string of the molecule is CC1(C)[C@@H]2[C@@H](C(=O)N[C@H](C=O)C[C@@H]3CCNC3=O)N(C(=O)c3cc4cc(F)ccc4[nH]3)C[C@@H]21. The van der Waals surface area contributed by atoms with Crippen LogP contribution in [0.5, 0.6) is 0 Å². The van der Waals surface area contributed by atoms with E-state index in [1.165, 1.54) is 12.1 Å². The van der Waals surface area contributed by atoms with E-state index in [4.69, 9.17) is 0 Å². The van der Waals surface area contributed by atoms with Crippen LogP contribution in [-0.2, 0) is 14.4 Å². The molecular formula is C24H27FN4O4. The van der Waals surface area contributed by atoms with E-state index in [0.717, 1.165) is 0 Å². The fourth-order valence-corrected chi connectivity index (χ4v) is 5.76. The van der Waals surface area contributed by atoms with Gasteiger partial charge in [0, 0.05) is 29.9 Å². The van der Waals surface area contributed by atoms with Crippen molar-refractivity contribution < 1.29 is 23.6 Å². The molecule has 3 N–H and O–H groups in total. The van der Waals surface area contributed by atoms with Crippen LogP contribution in [0.4, 0.5) is 4.39 Å². The zero-order chi connectivity index (χ0) is 23.5. The van der Waals surface area contributed by atoms with Crippen molar-refractivity contribution in [2.75, 3.05) is 13.1 Å². The lowest BCUT2D eigenvalue weighted by Crippen LogP contribution is -2.52. The van der Waals surface area contributed by atoms with Crippen LogP contribution in [0.25, 0.3) is 10.9 Å². The third-order valence-electron chi connectivity index (χ3n) is 7.74. The molecule has 3 aliphatic rings. The van der Waals surface area contributed by atoms with Crippen molar-refractivity contribution in [1.82, 2.24) is 20.5 Å². The summed E-state index contributed by atoms with van der Waals surface area (Å²) in [6.07, 6.45) is 1.53. The molecule has 2 saturated heterocycles. The lowest BCUT2D eigenvalue weighted by atomic mass is 9.97. The summed E-state index contributed by atoms with van der Waals surface area (Å²) in [6, 6.07) is 4.34. The molecule has 1 aromatic heterocycles. The van der Waals surface area contributed by atoms with E-state index in [1.54, 1.807) is 17.0 Å². The van der Waals surface area contributed by atoms with Gasteiger partial charge in [-0.25, -0.2) is 4.39 Å². The molecule has 1 aliphatic carbocycles. The number of benzene rings is 1. The number of aromatic amines is 1. The third-order valence-corrected chi connectivity index (χ3v) is 7.74. The molecule has 3 amide bonds. The van der Waals surface area contributed by atoms with Gasteiger partial charge in [-0.1, -0.05) is 13.8 Å². The average Bonchev–Trinajstić information content (AvgIpc) is 3.28. The van der Waals surface area contributed by atoms with E-state index in [0.29, 0.717) is 42.4 Å². The number of carbonyl (C=O) groups is 4. The first-order valence-electron chi connectivity index (χ1n) is 11.3. The molecule has 1 aromatic carbocycles. The van der Waals surface area contributed by atoms with Crippen LogP contribution in [-0.4, -0.2) is 59.1 Å². The van der Waals surface area contributed by atoms with Gasteiger partial charge in [0.25, 0.3) is 5.91 Å². The van der Waals surface area contributed by atoms with Crippen molar-refractivity contribution in [3.63, 3.8) is 0 Å². The molecule has 5 rings (SSSR count). The quantitative estimate of drug-likeness (QED) is 0.576. The van der Waals surface area contributed by atoms with Gasteiger partial charge in [0.2, 0.25) is 11.8 Å². The number of fused-ring (bicyclic) bond motifs is 2. The van der Waals surface area contributed by atoms with Crippen LogP contribution in [0, 0.1) is 29.0 Å². The number of piperidine rings is 1. The van der Waals surface area contributed by atoms with Gasteiger partial charge in [0.05, 0.1) is 6.04 Å². The van der Waals surface area contributed by atoms with Gasteiger partial charge < -0.3 is 25.3 Å². The summed E-state index contributed by atoms with van der Waals surface area (Å²) in [5.41, 5.74) is 0.855. The zero-order valence-electron chi connectivity index (χ0n) is 18.6. The van der Waals surface area contributed by atoms with Crippen molar-refractivity contribution in [1.29, 1.82) is 0 Å². The number of nitrogens with one attached hydrogen (secondary N) is 3. The number of hydrogen-bond acceptors (Lipinski definition) is 4. The van der Waals surface area contributed by atoms with Crippen LogP contribution in [0.3, 0.4) is 0 Å². The molecule has 0 bridgehead atoms. The molecule has 33 heavy (non-hydrogen) atoms. The highest BCUT2D eigenvalue weighted by Gasteiger charge is 2.69. The number of carbonyl (C=O) groups excluding carboxylic acids is 4. The van der Waals surface area contributed by atoms with E-state index in [2.05, 4.69) is 29.5 Å². The molecule has 0 unspecified atom stereocenters. The van der Waals surface area contributed by atoms with E-state index < -0.39 is 17.9 Å². The number of amides is 3. The highest BCUT2D eigenvalue weighted by Crippen LogP contribution is 2.65. The standard InChI is InChI=1S/C24H27FN4O4/c1-24(2)16-10-29(23(33)18-9-13-7-14(25)3-4-17(13)28-18)20(19(16)24)22(32)27-15(11-30)8-12-5-6-26-21(12)31/h3-4,7,9,11-12,15-16,19-20,28H,5-6,8,10H2,1-2H3,(H,26,31)(H,27,32)/t12-,15-,16-,19-,20-/m0/s1. The number of likely N-dealkylation sites (tertiary alicyclic amines) is 1. The number of nitrogens with zero attached hydrogens (tertiary/aromatic N) is 1. The van der Waals surface area contributed by atoms with Crippen LogP contribution in [0.2, 0.25) is 0 Å². The van der Waals surface area contributed by atoms with E-state index in [-0.39, 0.29) is 47.3 Å². The Morgan fingerprint density at radius 3 is 2.82 bits per heavy atom. The Balaban J connectivity index is 1.36. The van der Waals surface area contributed by atoms with Crippen LogP contribution < -0.4 is 10.6 Å². The molecule has 2 aromatic rings. The summed E-state index contributed by atoms with van der Waals surface area (Å²) in [5.74, 6) is -1.32. The molecule has 5 atom stereocenters. The first-order valence-corrected chi connectivity index (χ1v) is 11.3. The Kier molecular flexibility index (Phi) is 5.02. The van der Waals surface area contributed by atoms with E-state index in [9.17, 15) is 23.6 Å². The van der Waals surface area contributed by atoms with Gasteiger partial charge in [0.15, 0.2) is 0 Å². The maximum Gasteiger partial charge on any atom is 0.271 e. The minimum atomic E-state index is -0.791. The maximum atomic E-state index is 13.6. The predicted octanol–water partition coefficient (Wildman–Crippen LogP) is 1.61. The Bertz CT molecular complexity index is 1160. The Morgan fingerprint density at radius 1 is 1.33 bits per heavy atom. The lowest BCUT2D eigenvalue weighted by Gasteiger charge is -2.30. The van der Waals surface area contributed by atoms with Crippen LogP contribution in [0.1, 0.15) is 37.2 Å². The van der Waals surface area contributed by atoms with Gasteiger partial charge in [-0.05, 0) is 54.4 Å². The molecule has 3 fully saturated rings. The summed E-state index contributed by atoms with van der Waals surface area (Å²) in [6.45, 7) is 5.17. The molecule has 0 radical (unpaired) electrons. The smallest absolute Gasteiger partial charge is 0.271 e. The highest BCUT2D eigenvalue weighted by atomic mass is 19.1. The normalized spacial score (nSPS) is 28.3. The highest BCUT2D eigenvalue weighted by molar-refractivity contribution is 6.01. The predicted molar refractivity (Wildman–Crippen MR) is 118 cm³/mol. The largest absolute Gasteiger partial charge is 0.356 e. The van der Waals surface area contributed by atoms with Crippen molar-refractivity contribution in [2.45, 2.75) is 38.8 Å². The van der Waals surface area contributed by atoms with Gasteiger partial charge in [-0.15, -0.1) is 0 Å². The number of halogens is 1. The summed E-state index contributed by atoms with van der Waals surface area (Å²) < 4.78 is 13.6. The lowest BCUT2D eigenvalue weighted by molar-refractivity contribution is -0.129. The van der Waals surface area contributed by atoms with Crippen molar-refractivity contribution >= 4 is 34.9 Å². The Labute approximate surface area is 190 Å². The second kappa shape index (κ2) is 7.67. The molecule has 8 nitrogen and oxygen atoms in total. The Hall–Kier alpha value is -3.23. The summed E-state index contributed by atoms with van der Waals surface area (Å²) in [5, 5.41) is 6.10. The minimum absolute atomic E-state index is 0.00893. The summed E-state index contributed by atoms with van der Waals surface area (Å²) in [4.78, 5) is 54.8. The van der Waals surface area contributed by atoms with Crippen molar-refractivity contribution in [3.8, 4) is 0 Å². The van der Waals surface area contributed by atoms with Crippen molar-refractivity contribution in [3.05, 3.63) is 35.8 Å². The zero-order valence-corrected chi connectivity index (χ0v) is 18.6. The van der Waals surface area contributed by atoms with Crippen LogP contribution >= 0.6 is 0 Å². The van der Waals surface area contributed by atoms with E-state index in [1.807, 2.05) is 0 Å². The molecule has 0 spiro atoms. The van der Waals surface area contributed by atoms with Crippen LogP contribution in [0.15, 0.2) is 24.3 Å².